The van der Waals surface area contributed by atoms with Crippen LogP contribution in [-0.2, 0) is 14.0 Å². The summed E-state index contributed by atoms with van der Waals surface area (Å²) in [5.41, 5.74) is 7.32. The molecule has 1 unspecified atom stereocenters. The molecule has 0 saturated heterocycles. The molecule has 0 aliphatic carbocycles. The van der Waals surface area contributed by atoms with Crippen molar-refractivity contribution in [3.05, 3.63) is 0 Å². The third-order valence-corrected chi connectivity index (χ3v) is 2.80. The number of hydroxylamine groups is 1. The highest BCUT2D eigenvalue weighted by Crippen LogP contribution is 2.39. The van der Waals surface area contributed by atoms with Gasteiger partial charge in [-0.05, 0) is 6.42 Å². The number of hydrogen-bond donors (Lipinski definition) is 3. The zero-order chi connectivity index (χ0) is 11.2. The first kappa shape index (κ1) is 13.6. The van der Waals surface area contributed by atoms with Crippen molar-refractivity contribution in [1.29, 1.82) is 0 Å². The molecule has 84 valence electrons. The van der Waals surface area contributed by atoms with E-state index in [0.717, 1.165) is 6.42 Å². The molecule has 7 heteroatoms. The fraction of sp³-hybridized carbons (Fsp3) is 0.857. The molecule has 0 aromatic heterocycles. The first-order chi connectivity index (χ1) is 6.43. The molecule has 6 nitrogen and oxygen atoms in total. The van der Waals surface area contributed by atoms with Crippen LogP contribution >= 0.6 is 7.60 Å². The highest BCUT2D eigenvalue weighted by Gasteiger charge is 2.20. The molecule has 0 aromatic rings. The van der Waals surface area contributed by atoms with Gasteiger partial charge in [0.05, 0.1) is 6.04 Å². The SMILES string of the molecule is CCC[C@H](N)C(=O)NOP(=O)(O)CC. The lowest BCUT2D eigenvalue weighted by Gasteiger charge is -2.13. The van der Waals surface area contributed by atoms with Crippen molar-refractivity contribution in [3.8, 4) is 0 Å². The van der Waals surface area contributed by atoms with Gasteiger partial charge >= 0.3 is 7.60 Å². The molecular formula is C7H17N2O4P. The summed E-state index contributed by atoms with van der Waals surface area (Å²) in [4.78, 5) is 20.1. The smallest absolute Gasteiger partial charge is 0.323 e. The van der Waals surface area contributed by atoms with Crippen molar-refractivity contribution in [2.24, 2.45) is 5.73 Å². The van der Waals surface area contributed by atoms with Gasteiger partial charge in [-0.2, -0.15) is 4.62 Å². The topological polar surface area (TPSA) is 102 Å². The van der Waals surface area contributed by atoms with Crippen molar-refractivity contribution in [2.45, 2.75) is 32.7 Å². The molecule has 0 saturated carbocycles. The van der Waals surface area contributed by atoms with Crippen molar-refractivity contribution in [1.82, 2.24) is 5.48 Å². The number of rotatable bonds is 6. The van der Waals surface area contributed by atoms with Gasteiger partial charge in [0.15, 0.2) is 0 Å². The van der Waals surface area contributed by atoms with Gasteiger partial charge in [0.1, 0.15) is 0 Å². The predicted octanol–water partition coefficient (Wildman–Crippen LogP) is 0.367. The molecule has 14 heavy (non-hydrogen) atoms. The highest BCUT2D eigenvalue weighted by molar-refractivity contribution is 7.52. The fourth-order valence-electron chi connectivity index (χ4n) is 0.699. The van der Waals surface area contributed by atoms with E-state index >= 15 is 0 Å². The maximum atomic E-state index is 11.1. The molecule has 2 atom stereocenters. The van der Waals surface area contributed by atoms with Gasteiger partial charge in [-0.3, -0.25) is 9.36 Å². The van der Waals surface area contributed by atoms with Crippen LogP contribution in [0.5, 0.6) is 0 Å². The fourth-order valence-corrected chi connectivity index (χ4v) is 1.06. The summed E-state index contributed by atoms with van der Waals surface area (Å²) in [7, 11) is -3.67. The largest absolute Gasteiger partial charge is 0.348 e. The Kier molecular flexibility index (Phi) is 5.95. The Balaban J connectivity index is 3.90. The third-order valence-electron chi connectivity index (χ3n) is 1.62. The predicted molar refractivity (Wildman–Crippen MR) is 52.5 cm³/mol. The van der Waals surface area contributed by atoms with Crippen LogP contribution in [0, 0.1) is 0 Å². The summed E-state index contributed by atoms with van der Waals surface area (Å²) in [6, 6.07) is -0.697. The summed E-state index contributed by atoms with van der Waals surface area (Å²) < 4.78 is 15.3. The first-order valence-corrected chi connectivity index (χ1v) is 6.25. The number of nitrogens with one attached hydrogen (secondary N) is 1. The van der Waals surface area contributed by atoms with Gasteiger partial charge in [0.2, 0.25) is 0 Å². The van der Waals surface area contributed by atoms with E-state index < -0.39 is 19.5 Å². The average molecular weight is 224 g/mol. The Labute approximate surface area is 83.3 Å². The summed E-state index contributed by atoms with van der Waals surface area (Å²) in [6.07, 6.45) is 1.21. The van der Waals surface area contributed by atoms with Gasteiger partial charge in [-0.15, -0.1) is 0 Å². The molecule has 0 aliphatic heterocycles. The van der Waals surface area contributed by atoms with E-state index in [1.54, 1.807) is 0 Å². The van der Waals surface area contributed by atoms with Gasteiger partial charge in [-0.1, -0.05) is 20.3 Å². The van der Waals surface area contributed by atoms with Crippen LogP contribution in [0.1, 0.15) is 26.7 Å². The molecule has 4 N–H and O–H groups in total. The Morgan fingerprint density at radius 1 is 1.64 bits per heavy atom. The Hall–Kier alpha value is -0.420. The monoisotopic (exact) mass is 224 g/mol. The Morgan fingerprint density at radius 3 is 2.64 bits per heavy atom. The Bertz CT molecular complexity index is 234. The number of nitrogens with two attached hydrogens (primary N) is 1. The number of hydrogen-bond acceptors (Lipinski definition) is 4. The lowest BCUT2D eigenvalue weighted by molar-refractivity contribution is -0.129. The minimum atomic E-state index is -3.67. The van der Waals surface area contributed by atoms with Crippen LogP contribution in [0.25, 0.3) is 0 Å². The normalized spacial score (nSPS) is 17.1. The summed E-state index contributed by atoms with van der Waals surface area (Å²) in [6.45, 7) is 3.37. The van der Waals surface area contributed by atoms with Crippen LogP contribution in [-0.4, -0.2) is 23.0 Å². The first-order valence-electron chi connectivity index (χ1n) is 4.48. The second-order valence-corrected chi connectivity index (χ2v) is 5.00. The maximum absolute atomic E-state index is 11.1. The lowest BCUT2D eigenvalue weighted by Crippen LogP contribution is -2.39. The van der Waals surface area contributed by atoms with Crippen LogP contribution in [0.2, 0.25) is 0 Å². The van der Waals surface area contributed by atoms with Crippen molar-refractivity contribution in [3.63, 3.8) is 0 Å². The lowest BCUT2D eigenvalue weighted by atomic mass is 10.2. The van der Waals surface area contributed by atoms with E-state index in [9.17, 15) is 9.36 Å². The average Bonchev–Trinajstić information content (AvgIpc) is 2.15. The molecule has 0 aromatic carbocycles. The third kappa shape index (κ3) is 5.34. The summed E-state index contributed by atoms with van der Waals surface area (Å²) >= 11 is 0. The molecule has 0 aliphatic rings. The molecule has 0 rings (SSSR count). The van der Waals surface area contributed by atoms with Crippen LogP contribution in [0.15, 0.2) is 0 Å². The van der Waals surface area contributed by atoms with Crippen LogP contribution in [0.4, 0.5) is 0 Å². The molecule has 0 radical (unpaired) electrons. The molecule has 0 heterocycles. The standard InChI is InChI=1S/C7H17N2O4P/c1-3-5-6(8)7(10)9-13-14(11,12)4-2/h6H,3-5,8H2,1-2H3,(H,9,10)(H,11,12)/t6-/m0/s1. The number of carbonyl (C=O) groups is 1. The van der Waals surface area contributed by atoms with Gasteiger partial charge in [0.25, 0.3) is 5.91 Å². The van der Waals surface area contributed by atoms with Crippen molar-refractivity contribution in [2.75, 3.05) is 6.16 Å². The zero-order valence-corrected chi connectivity index (χ0v) is 9.29. The minimum absolute atomic E-state index is 0.0592. The quantitative estimate of drug-likeness (QED) is 0.446. The number of carbonyl (C=O) groups excluding carboxylic acids is 1. The van der Waals surface area contributed by atoms with E-state index in [-0.39, 0.29) is 6.16 Å². The molecule has 0 bridgehead atoms. The molecule has 0 spiro atoms. The van der Waals surface area contributed by atoms with Crippen LogP contribution in [0.3, 0.4) is 0 Å². The van der Waals surface area contributed by atoms with E-state index in [2.05, 4.69) is 4.62 Å². The second-order valence-electron chi connectivity index (χ2n) is 2.91. The minimum Gasteiger partial charge on any atom is -0.323 e. The zero-order valence-electron chi connectivity index (χ0n) is 8.40. The van der Waals surface area contributed by atoms with Crippen molar-refractivity contribution < 1.29 is 18.9 Å². The highest BCUT2D eigenvalue weighted by atomic mass is 31.2. The van der Waals surface area contributed by atoms with Gasteiger partial charge < -0.3 is 10.6 Å². The van der Waals surface area contributed by atoms with E-state index in [1.807, 2.05) is 12.4 Å². The molecular weight excluding hydrogens is 207 g/mol. The summed E-state index contributed by atoms with van der Waals surface area (Å²) in [5, 5.41) is 0. The Morgan fingerprint density at radius 2 is 2.21 bits per heavy atom. The van der Waals surface area contributed by atoms with Gasteiger partial charge in [-0.25, -0.2) is 5.48 Å². The van der Waals surface area contributed by atoms with E-state index in [0.29, 0.717) is 6.42 Å². The van der Waals surface area contributed by atoms with E-state index in [4.69, 9.17) is 10.6 Å². The summed E-state index contributed by atoms with van der Waals surface area (Å²) in [5.74, 6) is -0.574. The van der Waals surface area contributed by atoms with Gasteiger partial charge in [0, 0.05) is 6.16 Å². The second kappa shape index (κ2) is 6.14. The van der Waals surface area contributed by atoms with Crippen molar-refractivity contribution >= 4 is 13.5 Å². The number of amides is 1. The van der Waals surface area contributed by atoms with Crippen LogP contribution < -0.4 is 11.2 Å². The molecule has 0 fully saturated rings. The van der Waals surface area contributed by atoms with E-state index in [1.165, 1.54) is 6.92 Å². The molecule has 1 amide bonds. The maximum Gasteiger partial charge on any atom is 0.348 e.